The highest BCUT2D eigenvalue weighted by molar-refractivity contribution is 8.00. The van der Waals surface area contributed by atoms with Crippen LogP contribution in [-0.2, 0) is 14.3 Å². The molecule has 2 unspecified atom stereocenters. The number of methoxy groups -OCH3 is 1. The molecule has 0 radical (unpaired) electrons. The second-order valence-electron chi connectivity index (χ2n) is 7.18. The highest BCUT2D eigenvalue weighted by Crippen LogP contribution is 2.21. The van der Waals surface area contributed by atoms with Gasteiger partial charge in [0.2, 0.25) is 0 Å². The number of carboxylic acid groups (broad SMARTS) is 1. The summed E-state index contributed by atoms with van der Waals surface area (Å²) in [5.74, 6) is -1.20. The van der Waals surface area contributed by atoms with Gasteiger partial charge in [-0.25, -0.2) is 0 Å². The third-order valence-corrected chi connectivity index (χ3v) is 5.86. The topological polar surface area (TPSA) is 110 Å². The standard InChI is InChI=1S/C24H39NO5S/c1-3-4-5-6-7-8-9-10-11-12-13-14-17-22(31-19-20(25)24(28)29)21(26)16-15-18-23(27)30-2/h7-8,10-14,17,20-22,26H,3-6,9,15-16,18-19,25H2,1-2H3,(H,28,29)/b8-7-,11-10-,13-12+,17-14+/t20-,21?,22?/m0/s1. The maximum absolute atomic E-state index is 11.2. The van der Waals surface area contributed by atoms with Gasteiger partial charge in [0.05, 0.1) is 13.2 Å². The maximum atomic E-state index is 11.2. The molecular formula is C24H39NO5S. The van der Waals surface area contributed by atoms with Gasteiger partial charge in [0, 0.05) is 17.4 Å². The summed E-state index contributed by atoms with van der Waals surface area (Å²) in [6, 6.07) is -0.989. The Balaban J connectivity index is 4.55. The molecular weight excluding hydrogens is 414 g/mol. The van der Waals surface area contributed by atoms with Crippen LogP contribution in [0, 0.1) is 0 Å². The van der Waals surface area contributed by atoms with Gasteiger partial charge in [-0.1, -0.05) is 68.4 Å². The summed E-state index contributed by atoms with van der Waals surface area (Å²) < 4.78 is 4.61. The van der Waals surface area contributed by atoms with Gasteiger partial charge in [0.1, 0.15) is 6.04 Å². The van der Waals surface area contributed by atoms with Crippen molar-refractivity contribution in [3.63, 3.8) is 0 Å². The molecule has 7 heteroatoms. The number of allylic oxidation sites excluding steroid dienone is 7. The smallest absolute Gasteiger partial charge is 0.321 e. The Morgan fingerprint density at radius 1 is 1.06 bits per heavy atom. The van der Waals surface area contributed by atoms with E-state index in [9.17, 15) is 14.7 Å². The van der Waals surface area contributed by atoms with Gasteiger partial charge in [-0.15, -0.1) is 11.8 Å². The molecule has 0 aliphatic carbocycles. The first kappa shape index (κ1) is 29.2. The van der Waals surface area contributed by atoms with E-state index in [2.05, 4.69) is 29.9 Å². The lowest BCUT2D eigenvalue weighted by Gasteiger charge is -2.20. The SMILES string of the molecule is CCCCC/C=C\C\C=C/C=C/C=C/C(SC[C@H](N)C(=O)O)C(O)CCCC(=O)OC. The number of nitrogens with two attached hydrogens (primary N) is 1. The van der Waals surface area contributed by atoms with Gasteiger partial charge < -0.3 is 20.7 Å². The van der Waals surface area contributed by atoms with E-state index in [1.807, 2.05) is 30.4 Å². The molecule has 6 nitrogen and oxygen atoms in total. The van der Waals surface area contributed by atoms with Crippen molar-refractivity contribution in [1.82, 2.24) is 0 Å². The summed E-state index contributed by atoms with van der Waals surface area (Å²) in [7, 11) is 1.33. The van der Waals surface area contributed by atoms with Crippen LogP contribution in [0.15, 0.2) is 48.6 Å². The largest absolute Gasteiger partial charge is 0.480 e. The number of ether oxygens (including phenoxy) is 1. The van der Waals surface area contributed by atoms with Crippen molar-refractivity contribution in [3.8, 4) is 0 Å². The van der Waals surface area contributed by atoms with Gasteiger partial charge in [-0.2, -0.15) is 0 Å². The first-order chi connectivity index (χ1) is 14.9. The summed E-state index contributed by atoms with van der Waals surface area (Å²) in [6.45, 7) is 2.20. The zero-order chi connectivity index (χ0) is 23.3. The van der Waals surface area contributed by atoms with E-state index in [0.29, 0.717) is 12.8 Å². The number of hydrogen-bond donors (Lipinski definition) is 3. The predicted octanol–water partition coefficient (Wildman–Crippen LogP) is 4.40. The average Bonchev–Trinajstić information content (AvgIpc) is 2.75. The molecule has 0 saturated heterocycles. The van der Waals surface area contributed by atoms with E-state index in [1.165, 1.54) is 38.1 Å². The van der Waals surface area contributed by atoms with E-state index >= 15 is 0 Å². The predicted molar refractivity (Wildman–Crippen MR) is 129 cm³/mol. The van der Waals surface area contributed by atoms with Crippen LogP contribution in [0.2, 0.25) is 0 Å². The Labute approximate surface area is 191 Å². The van der Waals surface area contributed by atoms with Crippen LogP contribution in [0.4, 0.5) is 0 Å². The fourth-order valence-electron chi connectivity index (χ4n) is 2.57. The number of carboxylic acids is 1. The second kappa shape index (κ2) is 20.1. The highest BCUT2D eigenvalue weighted by atomic mass is 32.2. The number of hydrogen-bond acceptors (Lipinski definition) is 6. The van der Waals surface area contributed by atoms with Gasteiger partial charge in [0.15, 0.2) is 0 Å². The molecule has 0 fully saturated rings. The minimum atomic E-state index is -1.07. The van der Waals surface area contributed by atoms with E-state index in [-0.39, 0.29) is 23.4 Å². The molecule has 0 rings (SSSR count). The number of aliphatic carboxylic acids is 1. The third kappa shape index (κ3) is 17.5. The van der Waals surface area contributed by atoms with Crippen LogP contribution in [0.3, 0.4) is 0 Å². The Hall–Kier alpha value is -1.83. The lowest BCUT2D eigenvalue weighted by molar-refractivity contribution is -0.141. The van der Waals surface area contributed by atoms with Crippen molar-refractivity contribution < 1.29 is 24.5 Å². The molecule has 176 valence electrons. The summed E-state index contributed by atoms with van der Waals surface area (Å²) in [5.41, 5.74) is 5.58. The minimum absolute atomic E-state index is 0.187. The summed E-state index contributed by atoms with van der Waals surface area (Å²) >= 11 is 1.29. The zero-order valence-electron chi connectivity index (χ0n) is 18.8. The van der Waals surface area contributed by atoms with Crippen LogP contribution in [0.5, 0.6) is 0 Å². The van der Waals surface area contributed by atoms with Gasteiger partial charge in [-0.05, 0) is 32.1 Å². The first-order valence-electron chi connectivity index (χ1n) is 10.9. The number of esters is 1. The molecule has 0 heterocycles. The lowest BCUT2D eigenvalue weighted by atomic mass is 10.1. The number of aliphatic hydroxyl groups is 1. The molecule has 0 spiro atoms. The molecule has 0 amide bonds. The Morgan fingerprint density at radius 3 is 2.48 bits per heavy atom. The number of carbonyl (C=O) groups is 2. The number of carbonyl (C=O) groups excluding carboxylic acids is 1. The average molecular weight is 454 g/mol. The van der Waals surface area contributed by atoms with Crippen LogP contribution in [0.1, 0.15) is 58.3 Å². The van der Waals surface area contributed by atoms with E-state index in [4.69, 9.17) is 10.8 Å². The van der Waals surface area contributed by atoms with E-state index in [0.717, 1.165) is 12.8 Å². The summed E-state index contributed by atoms with van der Waals surface area (Å²) in [5, 5.41) is 19.1. The van der Waals surface area contributed by atoms with Crippen molar-refractivity contribution in [2.75, 3.05) is 12.9 Å². The number of rotatable bonds is 18. The molecule has 0 aromatic rings. The molecule has 0 aromatic carbocycles. The Morgan fingerprint density at radius 2 is 1.81 bits per heavy atom. The fourth-order valence-corrected chi connectivity index (χ4v) is 3.70. The second-order valence-corrected chi connectivity index (χ2v) is 8.39. The fraction of sp³-hybridized carbons (Fsp3) is 0.583. The van der Waals surface area contributed by atoms with Crippen molar-refractivity contribution >= 4 is 23.7 Å². The molecule has 4 N–H and O–H groups in total. The summed E-state index contributed by atoms with van der Waals surface area (Å²) in [4.78, 5) is 22.2. The van der Waals surface area contributed by atoms with Crippen molar-refractivity contribution in [2.45, 2.75) is 75.7 Å². The van der Waals surface area contributed by atoms with Crippen molar-refractivity contribution in [2.24, 2.45) is 5.73 Å². The normalized spacial score (nSPS) is 15.2. The van der Waals surface area contributed by atoms with Crippen LogP contribution < -0.4 is 5.73 Å². The molecule has 0 aliphatic heterocycles. The minimum Gasteiger partial charge on any atom is -0.480 e. The van der Waals surface area contributed by atoms with Gasteiger partial charge in [-0.3, -0.25) is 9.59 Å². The molecule has 0 saturated carbocycles. The van der Waals surface area contributed by atoms with Crippen LogP contribution in [-0.4, -0.2) is 52.4 Å². The third-order valence-electron chi connectivity index (χ3n) is 4.46. The Kier molecular flexibility index (Phi) is 18.9. The maximum Gasteiger partial charge on any atom is 0.321 e. The van der Waals surface area contributed by atoms with Gasteiger partial charge in [0.25, 0.3) is 0 Å². The first-order valence-corrected chi connectivity index (χ1v) is 12.0. The van der Waals surface area contributed by atoms with Crippen molar-refractivity contribution in [1.29, 1.82) is 0 Å². The quantitative estimate of drug-likeness (QED) is 0.122. The Bertz CT molecular complexity index is 601. The summed E-state index contributed by atoms with van der Waals surface area (Å²) in [6.07, 6.45) is 22.1. The van der Waals surface area contributed by atoms with Crippen LogP contribution in [0.25, 0.3) is 0 Å². The van der Waals surface area contributed by atoms with Crippen molar-refractivity contribution in [3.05, 3.63) is 48.6 Å². The number of thioether (sulfide) groups is 1. The molecule has 0 aromatic heterocycles. The molecule has 0 aliphatic rings. The number of aliphatic hydroxyl groups excluding tert-OH is 1. The van der Waals surface area contributed by atoms with Crippen LogP contribution >= 0.6 is 11.8 Å². The molecule has 31 heavy (non-hydrogen) atoms. The molecule has 3 atom stereocenters. The zero-order valence-corrected chi connectivity index (χ0v) is 19.6. The van der Waals surface area contributed by atoms with Gasteiger partial charge >= 0.3 is 11.9 Å². The monoisotopic (exact) mass is 453 g/mol. The van der Waals surface area contributed by atoms with E-state index in [1.54, 1.807) is 0 Å². The molecule has 0 bridgehead atoms. The van der Waals surface area contributed by atoms with E-state index < -0.39 is 18.1 Å². The number of unbranched alkanes of at least 4 members (excludes halogenated alkanes) is 3. The lowest BCUT2D eigenvalue weighted by Crippen LogP contribution is -2.34. The highest BCUT2D eigenvalue weighted by Gasteiger charge is 2.20.